The quantitative estimate of drug-likeness (QED) is 0.548. The number of nitrogens with one attached hydrogen (secondary N) is 1. The highest BCUT2D eigenvalue weighted by Gasteiger charge is 2.18. The minimum Gasteiger partial charge on any atom is -0.391 e. The van der Waals surface area contributed by atoms with Crippen molar-refractivity contribution in [1.82, 2.24) is 10.2 Å². The average molecular weight is 436 g/mol. The molecule has 0 unspecified atom stereocenters. The molecule has 6 nitrogen and oxygen atoms in total. The molecule has 0 fully saturated rings. The van der Waals surface area contributed by atoms with E-state index in [1.807, 2.05) is 13.0 Å². The van der Waals surface area contributed by atoms with E-state index in [-0.39, 0.29) is 18.4 Å². The number of nitrogens with zero attached hydrogens (tertiary/aromatic N) is 2. The molecule has 2 aromatic carbocycles. The van der Waals surface area contributed by atoms with Gasteiger partial charge in [0.15, 0.2) is 0 Å². The summed E-state index contributed by atoms with van der Waals surface area (Å²) in [6.45, 7) is 4.89. The van der Waals surface area contributed by atoms with Gasteiger partial charge in [-0.25, -0.2) is 0 Å². The molecule has 0 aliphatic carbocycles. The van der Waals surface area contributed by atoms with Crippen molar-refractivity contribution in [3.8, 4) is 17.2 Å². The van der Waals surface area contributed by atoms with Crippen LogP contribution < -0.4 is 5.32 Å². The molecular weight excluding hydrogens is 402 g/mol. The highest BCUT2D eigenvalue weighted by Crippen LogP contribution is 2.26. The molecule has 1 atom stereocenters. The van der Waals surface area contributed by atoms with Crippen LogP contribution in [0.3, 0.4) is 0 Å². The second kappa shape index (κ2) is 12.6. The van der Waals surface area contributed by atoms with Crippen molar-refractivity contribution in [2.24, 2.45) is 0 Å². The fraction of sp³-hybridized carbons (Fsp3) is 0.423. The van der Waals surface area contributed by atoms with Crippen molar-refractivity contribution < 1.29 is 14.7 Å². The van der Waals surface area contributed by atoms with Gasteiger partial charge in [0.25, 0.3) is 11.8 Å². The molecule has 0 spiro atoms. The van der Waals surface area contributed by atoms with Crippen LogP contribution in [0.1, 0.15) is 72.2 Å². The van der Waals surface area contributed by atoms with Crippen LogP contribution in [0.25, 0.3) is 11.1 Å². The molecule has 32 heavy (non-hydrogen) atoms. The molecule has 170 valence electrons. The van der Waals surface area contributed by atoms with Crippen LogP contribution in [0.4, 0.5) is 0 Å². The molecule has 2 N–H and O–H groups in total. The minimum atomic E-state index is -0.609. The molecule has 0 radical (unpaired) electrons. The molecule has 0 aliphatic heterocycles. The van der Waals surface area contributed by atoms with Crippen LogP contribution in [-0.2, 0) is 0 Å². The molecule has 0 saturated heterocycles. The third kappa shape index (κ3) is 6.93. The first-order valence-corrected chi connectivity index (χ1v) is 11.3. The van der Waals surface area contributed by atoms with Crippen molar-refractivity contribution in [2.45, 2.75) is 52.1 Å². The van der Waals surface area contributed by atoms with Gasteiger partial charge < -0.3 is 15.3 Å². The summed E-state index contributed by atoms with van der Waals surface area (Å²) in [5.74, 6) is -0.533. The smallest absolute Gasteiger partial charge is 0.253 e. The lowest BCUT2D eigenvalue weighted by molar-refractivity contribution is 0.0793. The maximum atomic E-state index is 13.0. The van der Waals surface area contributed by atoms with E-state index >= 15 is 0 Å². The summed E-state index contributed by atoms with van der Waals surface area (Å²) in [6, 6.07) is 14.3. The highest BCUT2D eigenvalue weighted by molar-refractivity contribution is 6.01. The largest absolute Gasteiger partial charge is 0.391 e. The van der Waals surface area contributed by atoms with Crippen molar-refractivity contribution in [1.29, 1.82) is 5.26 Å². The zero-order valence-corrected chi connectivity index (χ0v) is 19.2. The van der Waals surface area contributed by atoms with E-state index < -0.39 is 6.10 Å². The van der Waals surface area contributed by atoms with Gasteiger partial charge >= 0.3 is 0 Å². The normalized spacial score (nSPS) is 11.5. The number of rotatable bonds is 11. The van der Waals surface area contributed by atoms with Gasteiger partial charge in [-0.15, -0.1) is 0 Å². The summed E-state index contributed by atoms with van der Waals surface area (Å²) in [7, 11) is 1.75. The fourth-order valence-electron chi connectivity index (χ4n) is 3.44. The first kappa shape index (κ1) is 25.1. The lowest BCUT2D eigenvalue weighted by Crippen LogP contribution is -2.32. The van der Waals surface area contributed by atoms with Gasteiger partial charge in [0.05, 0.1) is 17.7 Å². The van der Waals surface area contributed by atoms with Gasteiger partial charge in [0.1, 0.15) is 0 Å². The van der Waals surface area contributed by atoms with Gasteiger partial charge in [-0.05, 0) is 48.2 Å². The number of hydrogen-bond acceptors (Lipinski definition) is 4. The molecule has 0 aromatic heterocycles. The van der Waals surface area contributed by atoms with E-state index in [4.69, 9.17) is 0 Å². The number of carbonyl (C=O) groups excluding carboxylic acids is 2. The first-order valence-electron chi connectivity index (χ1n) is 11.3. The summed E-state index contributed by atoms with van der Waals surface area (Å²) in [4.78, 5) is 27.6. The number of hydrogen-bond donors (Lipinski definition) is 2. The Balaban J connectivity index is 2.39. The second-order valence-electron chi connectivity index (χ2n) is 8.04. The van der Waals surface area contributed by atoms with Gasteiger partial charge in [-0.1, -0.05) is 51.3 Å². The highest BCUT2D eigenvalue weighted by atomic mass is 16.3. The molecule has 0 aliphatic rings. The predicted octanol–water partition coefficient (Wildman–Crippen LogP) is 4.38. The van der Waals surface area contributed by atoms with Crippen molar-refractivity contribution in [3.05, 3.63) is 59.2 Å². The maximum absolute atomic E-state index is 13.0. The lowest BCUT2D eigenvalue weighted by atomic mass is 9.95. The zero-order chi connectivity index (χ0) is 23.5. The molecule has 6 heteroatoms. The molecule has 2 rings (SSSR count). The Bertz CT molecular complexity index is 965. The first-order chi connectivity index (χ1) is 15.4. The van der Waals surface area contributed by atoms with E-state index in [0.29, 0.717) is 40.8 Å². The number of carbonyl (C=O) groups is 2. The van der Waals surface area contributed by atoms with Gasteiger partial charge in [-0.3, -0.25) is 9.59 Å². The summed E-state index contributed by atoms with van der Waals surface area (Å²) >= 11 is 0. The zero-order valence-electron chi connectivity index (χ0n) is 19.2. The van der Waals surface area contributed by atoms with Crippen LogP contribution >= 0.6 is 0 Å². The van der Waals surface area contributed by atoms with Crippen LogP contribution in [-0.4, -0.2) is 48.1 Å². The Morgan fingerprint density at radius 1 is 1.09 bits per heavy atom. The van der Waals surface area contributed by atoms with Gasteiger partial charge in [0.2, 0.25) is 0 Å². The summed E-state index contributed by atoms with van der Waals surface area (Å²) in [6.07, 6.45) is 3.74. The van der Waals surface area contributed by atoms with Crippen LogP contribution in [0.5, 0.6) is 0 Å². The topological polar surface area (TPSA) is 93.4 Å². The number of nitriles is 1. The SMILES string of the molecule is CCCC[C@H](O)CNC(=O)c1cc(C(=O)N(C)CCCC)cc(-c2ccccc2C#N)c1. The monoisotopic (exact) mass is 435 g/mol. The Labute approximate surface area is 190 Å². The molecule has 2 aromatic rings. The number of amides is 2. The summed E-state index contributed by atoms with van der Waals surface area (Å²) in [5, 5.41) is 22.3. The molecule has 0 saturated carbocycles. The number of unbranched alkanes of at least 4 members (excludes halogenated alkanes) is 2. The van der Waals surface area contributed by atoms with Crippen molar-refractivity contribution in [3.63, 3.8) is 0 Å². The van der Waals surface area contributed by atoms with Crippen molar-refractivity contribution >= 4 is 11.8 Å². The standard InChI is InChI=1S/C26H33N3O3/c1-4-6-11-23(30)18-28-25(31)21-14-20(24-12-9-8-10-19(24)17-27)15-22(16-21)26(32)29(3)13-7-5-2/h8-10,12,14-16,23,30H,4-7,11,13,18H2,1-3H3,(H,28,31)/t23-/m0/s1. The van der Waals surface area contributed by atoms with E-state index in [2.05, 4.69) is 18.3 Å². The fourth-order valence-corrected chi connectivity index (χ4v) is 3.44. The Hall–Kier alpha value is -3.17. The molecule has 2 amide bonds. The molecule has 0 bridgehead atoms. The van der Waals surface area contributed by atoms with Crippen LogP contribution in [0, 0.1) is 11.3 Å². The third-order valence-corrected chi connectivity index (χ3v) is 5.38. The van der Waals surface area contributed by atoms with E-state index in [0.717, 1.165) is 25.7 Å². The van der Waals surface area contributed by atoms with Gasteiger partial charge in [-0.2, -0.15) is 5.26 Å². The Kier molecular flexibility index (Phi) is 9.90. The van der Waals surface area contributed by atoms with E-state index in [9.17, 15) is 20.0 Å². The third-order valence-electron chi connectivity index (χ3n) is 5.38. The molecule has 0 heterocycles. The van der Waals surface area contributed by atoms with Crippen LogP contribution in [0.2, 0.25) is 0 Å². The number of aliphatic hydroxyl groups excluding tert-OH is 1. The Morgan fingerprint density at radius 2 is 1.78 bits per heavy atom. The summed E-state index contributed by atoms with van der Waals surface area (Å²) in [5.41, 5.74) is 2.49. The van der Waals surface area contributed by atoms with Crippen molar-refractivity contribution in [2.75, 3.05) is 20.1 Å². The number of benzene rings is 2. The minimum absolute atomic E-state index is 0.150. The second-order valence-corrected chi connectivity index (χ2v) is 8.04. The Morgan fingerprint density at radius 3 is 2.47 bits per heavy atom. The number of aliphatic hydroxyl groups is 1. The lowest BCUT2D eigenvalue weighted by Gasteiger charge is -2.18. The summed E-state index contributed by atoms with van der Waals surface area (Å²) < 4.78 is 0. The maximum Gasteiger partial charge on any atom is 0.253 e. The van der Waals surface area contributed by atoms with Crippen LogP contribution in [0.15, 0.2) is 42.5 Å². The predicted molar refractivity (Wildman–Crippen MR) is 126 cm³/mol. The molecular formula is C26H33N3O3. The van der Waals surface area contributed by atoms with E-state index in [1.165, 1.54) is 0 Å². The van der Waals surface area contributed by atoms with Gasteiger partial charge in [0, 0.05) is 31.3 Å². The average Bonchev–Trinajstić information content (AvgIpc) is 2.83. The van der Waals surface area contributed by atoms with E-state index in [1.54, 1.807) is 48.3 Å².